The molecular formula is C10H11FO3. The molecule has 1 aromatic carbocycles. The van der Waals surface area contributed by atoms with E-state index in [1.165, 1.54) is 19.1 Å². The summed E-state index contributed by atoms with van der Waals surface area (Å²) in [6, 6.07) is 6.16. The lowest BCUT2D eigenvalue weighted by atomic mass is 10.2. The van der Waals surface area contributed by atoms with Crippen LogP contribution in [0.3, 0.4) is 0 Å². The maximum Gasteiger partial charge on any atom is 0.339 e. The van der Waals surface area contributed by atoms with Crippen molar-refractivity contribution in [2.45, 2.75) is 13.1 Å². The van der Waals surface area contributed by atoms with Crippen LogP contribution in [-0.2, 0) is 0 Å². The number of aromatic carboxylic acids is 1. The zero-order valence-electron chi connectivity index (χ0n) is 7.74. The Morgan fingerprint density at radius 2 is 2.21 bits per heavy atom. The number of alkyl halides is 1. The monoisotopic (exact) mass is 198 g/mol. The summed E-state index contributed by atoms with van der Waals surface area (Å²) >= 11 is 0. The highest BCUT2D eigenvalue weighted by Crippen LogP contribution is 2.17. The molecule has 0 heterocycles. The first-order chi connectivity index (χ1) is 6.61. The molecule has 0 aromatic heterocycles. The molecule has 0 aliphatic carbocycles. The van der Waals surface area contributed by atoms with Gasteiger partial charge in [-0.15, -0.1) is 0 Å². The van der Waals surface area contributed by atoms with Crippen molar-refractivity contribution in [1.82, 2.24) is 0 Å². The lowest BCUT2D eigenvalue weighted by Crippen LogP contribution is -2.10. The Morgan fingerprint density at radius 1 is 1.57 bits per heavy atom. The normalized spacial score (nSPS) is 12.1. The van der Waals surface area contributed by atoms with E-state index >= 15 is 0 Å². The third kappa shape index (κ3) is 2.73. The van der Waals surface area contributed by atoms with Gasteiger partial charge in [-0.1, -0.05) is 12.1 Å². The van der Waals surface area contributed by atoms with Gasteiger partial charge < -0.3 is 9.84 Å². The van der Waals surface area contributed by atoms with Crippen LogP contribution in [0.15, 0.2) is 24.3 Å². The summed E-state index contributed by atoms with van der Waals surface area (Å²) in [5.41, 5.74) is 0.0492. The minimum absolute atomic E-state index is 0.0492. The molecule has 1 N–H and O–H groups in total. The average Bonchev–Trinajstić information content (AvgIpc) is 2.15. The van der Waals surface area contributed by atoms with Crippen LogP contribution in [0.1, 0.15) is 17.3 Å². The van der Waals surface area contributed by atoms with Crippen molar-refractivity contribution in [3.05, 3.63) is 29.8 Å². The summed E-state index contributed by atoms with van der Waals surface area (Å²) < 4.78 is 17.5. The zero-order valence-corrected chi connectivity index (χ0v) is 7.74. The predicted octanol–water partition coefficient (Wildman–Crippen LogP) is 2.12. The van der Waals surface area contributed by atoms with Crippen molar-refractivity contribution in [2.75, 3.05) is 6.61 Å². The smallest absolute Gasteiger partial charge is 0.339 e. The van der Waals surface area contributed by atoms with Crippen LogP contribution >= 0.6 is 0 Å². The summed E-state index contributed by atoms with van der Waals surface area (Å²) in [5, 5.41) is 8.76. The van der Waals surface area contributed by atoms with Gasteiger partial charge in [0.1, 0.15) is 24.1 Å². The van der Waals surface area contributed by atoms with E-state index in [1.807, 2.05) is 0 Å². The molecule has 1 aromatic rings. The Kier molecular flexibility index (Phi) is 3.45. The molecule has 0 bridgehead atoms. The molecule has 0 aliphatic heterocycles. The predicted molar refractivity (Wildman–Crippen MR) is 49.5 cm³/mol. The summed E-state index contributed by atoms with van der Waals surface area (Å²) in [5.74, 6) is -0.878. The largest absolute Gasteiger partial charge is 0.490 e. The van der Waals surface area contributed by atoms with Crippen LogP contribution in [-0.4, -0.2) is 23.9 Å². The maximum absolute atomic E-state index is 12.4. The highest BCUT2D eigenvalue weighted by Gasteiger charge is 2.10. The Morgan fingerprint density at radius 3 is 2.79 bits per heavy atom. The van der Waals surface area contributed by atoms with Crippen molar-refractivity contribution < 1.29 is 19.0 Å². The van der Waals surface area contributed by atoms with Crippen molar-refractivity contribution in [3.8, 4) is 5.75 Å². The SMILES string of the molecule is CC(F)COc1ccccc1C(=O)O. The van der Waals surface area contributed by atoms with E-state index in [9.17, 15) is 9.18 Å². The third-order valence-corrected chi connectivity index (χ3v) is 1.59. The molecule has 1 rings (SSSR count). The summed E-state index contributed by atoms with van der Waals surface area (Å²) in [6.07, 6.45) is -1.11. The minimum Gasteiger partial charge on any atom is -0.490 e. The van der Waals surface area contributed by atoms with Crippen LogP contribution in [0.25, 0.3) is 0 Å². The fraction of sp³-hybridized carbons (Fsp3) is 0.300. The Bertz CT molecular complexity index is 323. The van der Waals surface area contributed by atoms with E-state index in [2.05, 4.69) is 0 Å². The van der Waals surface area contributed by atoms with E-state index in [-0.39, 0.29) is 17.9 Å². The maximum atomic E-state index is 12.4. The van der Waals surface area contributed by atoms with Gasteiger partial charge in [0.25, 0.3) is 0 Å². The fourth-order valence-corrected chi connectivity index (χ4v) is 0.974. The number of carbonyl (C=O) groups is 1. The number of carboxylic acids is 1. The molecular weight excluding hydrogens is 187 g/mol. The molecule has 14 heavy (non-hydrogen) atoms. The van der Waals surface area contributed by atoms with Gasteiger partial charge in [-0.2, -0.15) is 0 Å². The molecule has 0 aliphatic rings. The summed E-state index contributed by atoms with van der Waals surface area (Å²) in [7, 11) is 0. The molecule has 0 amide bonds. The molecule has 76 valence electrons. The number of benzene rings is 1. The average molecular weight is 198 g/mol. The summed E-state index contributed by atoms with van der Waals surface area (Å²) in [6.45, 7) is 1.22. The van der Waals surface area contributed by atoms with Gasteiger partial charge in [-0.25, -0.2) is 9.18 Å². The van der Waals surface area contributed by atoms with Gasteiger partial charge in [-0.05, 0) is 19.1 Å². The van der Waals surface area contributed by atoms with Gasteiger partial charge in [0.2, 0.25) is 0 Å². The molecule has 0 saturated heterocycles. The minimum atomic E-state index is -1.11. The fourth-order valence-electron chi connectivity index (χ4n) is 0.974. The van der Waals surface area contributed by atoms with E-state index in [0.717, 1.165) is 0 Å². The molecule has 0 spiro atoms. The van der Waals surface area contributed by atoms with Crippen molar-refractivity contribution in [3.63, 3.8) is 0 Å². The number of halogens is 1. The van der Waals surface area contributed by atoms with Gasteiger partial charge in [-0.3, -0.25) is 0 Å². The van der Waals surface area contributed by atoms with E-state index < -0.39 is 12.1 Å². The lowest BCUT2D eigenvalue weighted by Gasteiger charge is -2.08. The molecule has 0 saturated carbocycles. The number of rotatable bonds is 4. The topological polar surface area (TPSA) is 46.5 Å². The van der Waals surface area contributed by atoms with Crippen LogP contribution in [0.2, 0.25) is 0 Å². The van der Waals surface area contributed by atoms with Crippen LogP contribution in [0.5, 0.6) is 5.75 Å². The highest BCUT2D eigenvalue weighted by molar-refractivity contribution is 5.90. The molecule has 1 unspecified atom stereocenters. The molecule has 3 nitrogen and oxygen atoms in total. The van der Waals surface area contributed by atoms with Gasteiger partial charge in [0.05, 0.1) is 0 Å². The number of hydrogen-bond donors (Lipinski definition) is 1. The van der Waals surface area contributed by atoms with Crippen LogP contribution in [0, 0.1) is 0 Å². The quantitative estimate of drug-likeness (QED) is 0.806. The van der Waals surface area contributed by atoms with Crippen molar-refractivity contribution >= 4 is 5.97 Å². The number of hydrogen-bond acceptors (Lipinski definition) is 2. The van der Waals surface area contributed by atoms with Crippen LogP contribution in [0.4, 0.5) is 4.39 Å². The Hall–Kier alpha value is -1.58. The second kappa shape index (κ2) is 4.60. The van der Waals surface area contributed by atoms with E-state index in [0.29, 0.717) is 0 Å². The van der Waals surface area contributed by atoms with Crippen molar-refractivity contribution in [2.24, 2.45) is 0 Å². The third-order valence-electron chi connectivity index (χ3n) is 1.59. The van der Waals surface area contributed by atoms with Gasteiger partial charge >= 0.3 is 5.97 Å². The number of carboxylic acid groups (broad SMARTS) is 1. The Balaban J connectivity index is 2.79. The first-order valence-corrected chi connectivity index (χ1v) is 4.20. The number of ether oxygens (including phenoxy) is 1. The van der Waals surface area contributed by atoms with Crippen molar-refractivity contribution in [1.29, 1.82) is 0 Å². The standard InChI is InChI=1S/C10H11FO3/c1-7(11)6-14-9-5-3-2-4-8(9)10(12)13/h2-5,7H,6H2,1H3,(H,12,13). The van der Waals surface area contributed by atoms with Gasteiger partial charge in [0, 0.05) is 0 Å². The van der Waals surface area contributed by atoms with E-state index in [4.69, 9.17) is 9.84 Å². The summed E-state index contributed by atoms with van der Waals surface area (Å²) in [4.78, 5) is 10.7. The molecule has 0 fully saturated rings. The molecule has 1 atom stereocenters. The second-order valence-corrected chi connectivity index (χ2v) is 2.89. The van der Waals surface area contributed by atoms with Crippen LogP contribution < -0.4 is 4.74 Å². The second-order valence-electron chi connectivity index (χ2n) is 2.89. The zero-order chi connectivity index (χ0) is 10.6. The molecule has 0 radical (unpaired) electrons. The first kappa shape index (κ1) is 10.5. The number of para-hydroxylation sites is 1. The first-order valence-electron chi connectivity index (χ1n) is 4.20. The Labute approximate surface area is 81.1 Å². The lowest BCUT2D eigenvalue weighted by molar-refractivity contribution is 0.0690. The highest BCUT2D eigenvalue weighted by atomic mass is 19.1. The van der Waals surface area contributed by atoms with E-state index in [1.54, 1.807) is 12.1 Å². The van der Waals surface area contributed by atoms with Gasteiger partial charge in [0.15, 0.2) is 0 Å². The molecule has 4 heteroatoms.